The zero-order valence-corrected chi connectivity index (χ0v) is 13.8. The lowest BCUT2D eigenvalue weighted by Gasteiger charge is -2.16. The third-order valence-electron chi connectivity index (χ3n) is 3.46. The molecule has 0 saturated heterocycles. The Morgan fingerprint density at radius 3 is 2.40 bits per heavy atom. The first-order chi connectivity index (χ1) is 12.1. The highest BCUT2D eigenvalue weighted by molar-refractivity contribution is 6.35. The van der Waals surface area contributed by atoms with Crippen LogP contribution in [0, 0.1) is 0 Å². The molecule has 2 rings (SSSR count). The van der Waals surface area contributed by atoms with E-state index in [1.54, 1.807) is 24.5 Å². The SMILES string of the molecule is COC(=O)[C@H](Cc1ccccc1)NC(=O)C(=O)NCc1cccnc1. The van der Waals surface area contributed by atoms with Crippen LogP contribution in [0.25, 0.3) is 0 Å². The van der Waals surface area contributed by atoms with Crippen molar-refractivity contribution < 1.29 is 19.1 Å². The first kappa shape index (κ1) is 18.1. The van der Waals surface area contributed by atoms with E-state index in [0.29, 0.717) is 0 Å². The summed E-state index contributed by atoms with van der Waals surface area (Å²) in [5, 5.41) is 4.89. The van der Waals surface area contributed by atoms with Gasteiger partial charge in [-0.25, -0.2) is 4.79 Å². The van der Waals surface area contributed by atoms with E-state index in [0.717, 1.165) is 11.1 Å². The summed E-state index contributed by atoms with van der Waals surface area (Å²) in [5.41, 5.74) is 1.60. The highest BCUT2D eigenvalue weighted by atomic mass is 16.5. The van der Waals surface area contributed by atoms with Crippen molar-refractivity contribution in [1.29, 1.82) is 0 Å². The summed E-state index contributed by atoms with van der Waals surface area (Å²) in [6, 6.07) is 11.7. The molecule has 7 heteroatoms. The van der Waals surface area contributed by atoms with Gasteiger partial charge in [0.1, 0.15) is 6.04 Å². The van der Waals surface area contributed by atoms with Crippen LogP contribution >= 0.6 is 0 Å². The molecule has 1 heterocycles. The Morgan fingerprint density at radius 2 is 1.76 bits per heavy atom. The number of amides is 2. The predicted molar refractivity (Wildman–Crippen MR) is 90.2 cm³/mol. The van der Waals surface area contributed by atoms with E-state index >= 15 is 0 Å². The first-order valence-corrected chi connectivity index (χ1v) is 7.69. The minimum atomic E-state index is -0.941. The van der Waals surface area contributed by atoms with Gasteiger partial charge >= 0.3 is 17.8 Å². The molecular formula is C18H19N3O4. The molecule has 2 aromatic rings. The van der Waals surface area contributed by atoms with Crippen molar-refractivity contribution in [3.05, 3.63) is 66.0 Å². The zero-order chi connectivity index (χ0) is 18.1. The summed E-state index contributed by atoms with van der Waals surface area (Å²) < 4.78 is 4.70. The fourth-order valence-electron chi connectivity index (χ4n) is 2.17. The lowest BCUT2D eigenvalue weighted by Crippen LogP contribution is -2.48. The summed E-state index contributed by atoms with van der Waals surface area (Å²) in [6.45, 7) is 0.168. The second kappa shape index (κ2) is 9.17. The maximum Gasteiger partial charge on any atom is 0.328 e. The maximum absolute atomic E-state index is 12.0. The molecular weight excluding hydrogens is 322 g/mol. The van der Waals surface area contributed by atoms with Gasteiger partial charge in [-0.3, -0.25) is 14.6 Å². The quantitative estimate of drug-likeness (QED) is 0.592. The molecule has 0 saturated carbocycles. The number of nitrogens with zero attached hydrogens (tertiary/aromatic N) is 1. The highest BCUT2D eigenvalue weighted by Gasteiger charge is 2.25. The Morgan fingerprint density at radius 1 is 1.04 bits per heavy atom. The molecule has 1 aromatic carbocycles. The number of rotatable bonds is 6. The van der Waals surface area contributed by atoms with Crippen molar-refractivity contribution in [1.82, 2.24) is 15.6 Å². The van der Waals surface area contributed by atoms with Gasteiger partial charge in [-0.15, -0.1) is 0 Å². The van der Waals surface area contributed by atoms with Gasteiger partial charge in [-0.1, -0.05) is 36.4 Å². The fraction of sp³-hybridized carbons (Fsp3) is 0.222. The van der Waals surface area contributed by atoms with Gasteiger partial charge in [-0.05, 0) is 17.2 Å². The molecule has 1 aromatic heterocycles. The molecule has 0 aliphatic rings. The number of esters is 1. The summed E-state index contributed by atoms with van der Waals surface area (Å²) in [7, 11) is 1.23. The Kier molecular flexibility index (Phi) is 6.65. The number of carbonyl (C=O) groups is 3. The van der Waals surface area contributed by atoms with Gasteiger partial charge in [0.25, 0.3) is 0 Å². The smallest absolute Gasteiger partial charge is 0.328 e. The number of hydrogen-bond donors (Lipinski definition) is 2. The number of pyridine rings is 1. The van der Waals surface area contributed by atoms with E-state index in [1.807, 2.05) is 30.3 Å². The highest BCUT2D eigenvalue weighted by Crippen LogP contribution is 2.04. The maximum atomic E-state index is 12.0. The topological polar surface area (TPSA) is 97.4 Å². The third-order valence-corrected chi connectivity index (χ3v) is 3.46. The molecule has 2 N–H and O–H groups in total. The van der Waals surface area contributed by atoms with Gasteiger partial charge in [-0.2, -0.15) is 0 Å². The Balaban J connectivity index is 1.93. The van der Waals surface area contributed by atoms with E-state index in [9.17, 15) is 14.4 Å². The van der Waals surface area contributed by atoms with Crippen LogP contribution < -0.4 is 10.6 Å². The van der Waals surface area contributed by atoms with E-state index in [1.165, 1.54) is 7.11 Å². The van der Waals surface area contributed by atoms with E-state index in [2.05, 4.69) is 15.6 Å². The molecule has 0 fully saturated rings. The Bertz CT molecular complexity index is 720. The van der Waals surface area contributed by atoms with Gasteiger partial charge in [0.15, 0.2) is 0 Å². The van der Waals surface area contributed by atoms with Crippen LogP contribution in [0.5, 0.6) is 0 Å². The van der Waals surface area contributed by atoms with Crippen LogP contribution in [0.1, 0.15) is 11.1 Å². The number of hydrogen-bond acceptors (Lipinski definition) is 5. The molecule has 1 atom stereocenters. The second-order valence-electron chi connectivity index (χ2n) is 5.28. The van der Waals surface area contributed by atoms with Gasteiger partial charge in [0, 0.05) is 25.4 Å². The minimum Gasteiger partial charge on any atom is -0.467 e. The molecule has 25 heavy (non-hydrogen) atoms. The van der Waals surface area contributed by atoms with Crippen LogP contribution in [-0.2, 0) is 32.1 Å². The van der Waals surface area contributed by atoms with Crippen molar-refractivity contribution >= 4 is 17.8 Å². The van der Waals surface area contributed by atoms with E-state index < -0.39 is 23.8 Å². The van der Waals surface area contributed by atoms with E-state index in [-0.39, 0.29) is 13.0 Å². The van der Waals surface area contributed by atoms with Crippen LogP contribution in [0.2, 0.25) is 0 Å². The van der Waals surface area contributed by atoms with Crippen molar-refractivity contribution in [3.8, 4) is 0 Å². The average molecular weight is 341 g/mol. The molecule has 0 aliphatic carbocycles. The Labute approximate surface area is 145 Å². The standard InChI is InChI=1S/C18H19N3O4/c1-25-18(24)15(10-13-6-3-2-4-7-13)21-17(23)16(22)20-12-14-8-5-9-19-11-14/h2-9,11,15H,10,12H2,1H3,(H,20,22)(H,21,23)/t15-/m0/s1. The number of aromatic nitrogens is 1. The number of benzene rings is 1. The monoisotopic (exact) mass is 341 g/mol. The Hall–Kier alpha value is -3.22. The van der Waals surface area contributed by atoms with E-state index in [4.69, 9.17) is 4.74 Å². The summed E-state index contributed by atoms with van der Waals surface area (Å²) in [6.07, 6.45) is 3.43. The number of methoxy groups -OCH3 is 1. The molecule has 7 nitrogen and oxygen atoms in total. The number of nitrogens with one attached hydrogen (secondary N) is 2. The van der Waals surface area contributed by atoms with Crippen LogP contribution in [-0.4, -0.2) is 35.9 Å². The molecule has 0 aliphatic heterocycles. The predicted octanol–water partition coefficient (Wildman–Crippen LogP) is 0.598. The first-order valence-electron chi connectivity index (χ1n) is 7.69. The van der Waals surface area contributed by atoms with Crippen LogP contribution in [0.3, 0.4) is 0 Å². The van der Waals surface area contributed by atoms with Crippen molar-refractivity contribution in [2.45, 2.75) is 19.0 Å². The van der Waals surface area contributed by atoms with Gasteiger partial charge < -0.3 is 15.4 Å². The van der Waals surface area contributed by atoms with Crippen molar-refractivity contribution in [3.63, 3.8) is 0 Å². The average Bonchev–Trinajstić information content (AvgIpc) is 2.66. The van der Waals surface area contributed by atoms with Gasteiger partial charge in [0.2, 0.25) is 0 Å². The lowest BCUT2D eigenvalue weighted by molar-refractivity contribution is -0.147. The molecule has 2 amide bonds. The van der Waals surface area contributed by atoms with Crippen LogP contribution in [0.4, 0.5) is 0 Å². The number of ether oxygens (including phenoxy) is 1. The third kappa shape index (κ3) is 5.72. The fourth-order valence-corrected chi connectivity index (χ4v) is 2.17. The normalized spacial score (nSPS) is 11.2. The summed E-state index contributed by atoms with van der Waals surface area (Å²) >= 11 is 0. The molecule has 0 bridgehead atoms. The molecule has 0 unspecified atom stereocenters. The zero-order valence-electron chi connectivity index (χ0n) is 13.8. The molecule has 0 radical (unpaired) electrons. The van der Waals surface area contributed by atoms with Crippen LogP contribution in [0.15, 0.2) is 54.9 Å². The minimum absolute atomic E-state index is 0.168. The lowest BCUT2D eigenvalue weighted by atomic mass is 10.1. The van der Waals surface area contributed by atoms with Crippen molar-refractivity contribution in [2.75, 3.05) is 7.11 Å². The molecule has 0 spiro atoms. The second-order valence-corrected chi connectivity index (χ2v) is 5.28. The van der Waals surface area contributed by atoms with Crippen molar-refractivity contribution in [2.24, 2.45) is 0 Å². The van der Waals surface area contributed by atoms with Gasteiger partial charge in [0.05, 0.1) is 7.11 Å². The number of carbonyl (C=O) groups excluding carboxylic acids is 3. The molecule has 130 valence electrons. The summed E-state index contributed by atoms with van der Waals surface area (Å²) in [4.78, 5) is 39.8. The largest absolute Gasteiger partial charge is 0.467 e. The summed E-state index contributed by atoms with van der Waals surface area (Å²) in [5.74, 6) is -2.33.